The molecule has 0 aliphatic heterocycles. The molecular weight excluding hydrogens is 188 g/mol. The smallest absolute Gasteiger partial charge is 0.133 e. The van der Waals surface area contributed by atoms with Crippen molar-refractivity contribution >= 4 is 5.78 Å². The van der Waals surface area contributed by atoms with E-state index in [0.717, 1.165) is 38.9 Å². The zero-order valence-corrected chi connectivity index (χ0v) is 10.8. The minimum absolute atomic E-state index is 0.272. The van der Waals surface area contributed by atoms with Crippen molar-refractivity contribution in [2.24, 2.45) is 5.41 Å². The normalized spacial score (nSPS) is 11.7. The van der Waals surface area contributed by atoms with Gasteiger partial charge in [-0.25, -0.2) is 0 Å². The molecule has 0 spiro atoms. The van der Waals surface area contributed by atoms with Gasteiger partial charge >= 0.3 is 0 Å². The van der Waals surface area contributed by atoms with E-state index in [2.05, 4.69) is 27.7 Å². The molecule has 15 heavy (non-hydrogen) atoms. The monoisotopic (exact) mass is 214 g/mol. The first-order chi connectivity index (χ1) is 6.95. The lowest BCUT2D eigenvalue weighted by Gasteiger charge is -2.16. The molecule has 0 atom stereocenters. The molecular formula is C13H26O2. The van der Waals surface area contributed by atoms with Gasteiger partial charge in [-0.1, -0.05) is 27.7 Å². The summed E-state index contributed by atoms with van der Waals surface area (Å²) in [5, 5.41) is 0. The number of carbonyl (C=O) groups excluding carboxylic acids is 1. The van der Waals surface area contributed by atoms with Crippen molar-refractivity contribution in [1.29, 1.82) is 0 Å². The van der Waals surface area contributed by atoms with Gasteiger partial charge in [-0.05, 0) is 24.7 Å². The molecule has 0 saturated carbocycles. The minimum Gasteiger partial charge on any atom is -0.381 e. The molecule has 0 aromatic carbocycles. The van der Waals surface area contributed by atoms with Gasteiger partial charge < -0.3 is 4.74 Å². The number of Topliss-reactive ketones (excluding diaryl/α,β-unsaturated/α-hetero) is 1. The van der Waals surface area contributed by atoms with Crippen molar-refractivity contribution in [3.63, 3.8) is 0 Å². The second kappa shape index (κ2) is 7.86. The maximum Gasteiger partial charge on any atom is 0.133 e. The Balaban J connectivity index is 3.34. The summed E-state index contributed by atoms with van der Waals surface area (Å²) in [5.41, 5.74) is 0.272. The predicted octanol–water partition coefficient (Wildman–Crippen LogP) is 3.59. The average molecular weight is 214 g/mol. The molecule has 90 valence electrons. The van der Waals surface area contributed by atoms with E-state index in [1.165, 1.54) is 0 Å². The second-order valence-electron chi connectivity index (χ2n) is 5.32. The van der Waals surface area contributed by atoms with Crippen molar-refractivity contribution in [3.8, 4) is 0 Å². The fourth-order valence-electron chi connectivity index (χ4n) is 1.26. The van der Waals surface area contributed by atoms with Crippen molar-refractivity contribution < 1.29 is 9.53 Å². The van der Waals surface area contributed by atoms with Gasteiger partial charge in [0.2, 0.25) is 0 Å². The summed E-state index contributed by atoms with van der Waals surface area (Å²) in [6.07, 6.45) is 4.32. The van der Waals surface area contributed by atoms with Crippen LogP contribution in [0.5, 0.6) is 0 Å². The fourth-order valence-corrected chi connectivity index (χ4v) is 1.26. The summed E-state index contributed by atoms with van der Waals surface area (Å²) in [7, 11) is 0. The zero-order chi connectivity index (χ0) is 11.7. The van der Waals surface area contributed by atoms with Gasteiger partial charge in [0.25, 0.3) is 0 Å². The molecule has 0 aliphatic rings. The van der Waals surface area contributed by atoms with Crippen LogP contribution in [0.2, 0.25) is 0 Å². The molecule has 0 bridgehead atoms. The lowest BCUT2D eigenvalue weighted by Crippen LogP contribution is -2.09. The highest BCUT2D eigenvalue weighted by molar-refractivity contribution is 5.78. The van der Waals surface area contributed by atoms with Crippen molar-refractivity contribution in [3.05, 3.63) is 0 Å². The molecule has 0 aliphatic carbocycles. The Morgan fingerprint density at radius 2 is 1.80 bits per heavy atom. The third-order valence-electron chi connectivity index (χ3n) is 2.25. The number of rotatable bonds is 8. The largest absolute Gasteiger partial charge is 0.381 e. The molecule has 0 saturated heterocycles. The second-order valence-corrected chi connectivity index (χ2v) is 5.32. The highest BCUT2D eigenvalue weighted by Crippen LogP contribution is 2.21. The summed E-state index contributed by atoms with van der Waals surface area (Å²) in [6.45, 7) is 10.2. The van der Waals surface area contributed by atoms with Crippen LogP contribution in [0.25, 0.3) is 0 Å². The van der Waals surface area contributed by atoms with Crippen LogP contribution >= 0.6 is 0 Å². The maximum atomic E-state index is 11.5. The number of ketones is 1. The molecule has 0 heterocycles. The van der Waals surface area contributed by atoms with Crippen molar-refractivity contribution in [2.45, 2.75) is 59.8 Å². The van der Waals surface area contributed by atoms with Crippen molar-refractivity contribution in [2.75, 3.05) is 13.2 Å². The summed E-state index contributed by atoms with van der Waals surface area (Å²) >= 11 is 0. The lowest BCUT2D eigenvalue weighted by atomic mass is 9.89. The van der Waals surface area contributed by atoms with E-state index in [1.807, 2.05) is 0 Å². The molecule has 0 N–H and O–H groups in total. The van der Waals surface area contributed by atoms with E-state index < -0.39 is 0 Å². The Bertz CT molecular complexity index is 168. The third kappa shape index (κ3) is 11.6. The van der Waals surface area contributed by atoms with E-state index in [9.17, 15) is 4.79 Å². The van der Waals surface area contributed by atoms with Gasteiger partial charge in [0, 0.05) is 26.1 Å². The Kier molecular flexibility index (Phi) is 7.67. The molecule has 0 unspecified atom stereocenters. The summed E-state index contributed by atoms with van der Waals surface area (Å²) in [6, 6.07) is 0. The van der Waals surface area contributed by atoms with Crippen LogP contribution < -0.4 is 0 Å². The fraction of sp³-hybridized carbons (Fsp3) is 0.923. The highest BCUT2D eigenvalue weighted by Gasteiger charge is 2.12. The maximum absolute atomic E-state index is 11.5. The summed E-state index contributed by atoms with van der Waals surface area (Å²) in [5.74, 6) is 0.380. The zero-order valence-electron chi connectivity index (χ0n) is 10.8. The standard InChI is InChI=1S/C13H26O2/c1-5-10-15-11-6-7-12(14)8-9-13(2,3)4/h5-11H2,1-4H3. The van der Waals surface area contributed by atoms with Crippen molar-refractivity contribution in [1.82, 2.24) is 0 Å². The van der Waals surface area contributed by atoms with E-state index in [0.29, 0.717) is 12.2 Å². The van der Waals surface area contributed by atoms with Crippen LogP contribution in [0.3, 0.4) is 0 Å². The summed E-state index contributed by atoms with van der Waals surface area (Å²) < 4.78 is 5.33. The van der Waals surface area contributed by atoms with Crippen LogP contribution in [0, 0.1) is 5.41 Å². The van der Waals surface area contributed by atoms with Gasteiger partial charge in [0.1, 0.15) is 5.78 Å². The first-order valence-corrected chi connectivity index (χ1v) is 6.05. The van der Waals surface area contributed by atoms with Gasteiger partial charge in [0.15, 0.2) is 0 Å². The highest BCUT2D eigenvalue weighted by atomic mass is 16.5. The first kappa shape index (κ1) is 14.6. The number of ether oxygens (including phenoxy) is 1. The Morgan fingerprint density at radius 3 is 2.33 bits per heavy atom. The summed E-state index contributed by atoms with van der Waals surface area (Å²) in [4.78, 5) is 11.5. The van der Waals surface area contributed by atoms with Crippen LogP contribution in [0.4, 0.5) is 0 Å². The Hall–Kier alpha value is -0.370. The minimum atomic E-state index is 0.272. The van der Waals surface area contributed by atoms with Gasteiger partial charge in [-0.3, -0.25) is 4.79 Å². The number of hydrogen-bond acceptors (Lipinski definition) is 2. The molecule has 0 amide bonds. The van der Waals surface area contributed by atoms with E-state index in [1.54, 1.807) is 0 Å². The molecule has 0 radical (unpaired) electrons. The van der Waals surface area contributed by atoms with E-state index in [-0.39, 0.29) is 5.41 Å². The average Bonchev–Trinajstić information content (AvgIpc) is 2.13. The quantitative estimate of drug-likeness (QED) is 0.577. The van der Waals surface area contributed by atoms with E-state index in [4.69, 9.17) is 4.74 Å². The lowest BCUT2D eigenvalue weighted by molar-refractivity contribution is -0.119. The SMILES string of the molecule is CCCOCCCC(=O)CCC(C)(C)C. The number of hydrogen-bond donors (Lipinski definition) is 0. The van der Waals surface area contributed by atoms with Crippen LogP contribution in [-0.2, 0) is 9.53 Å². The third-order valence-corrected chi connectivity index (χ3v) is 2.25. The van der Waals surface area contributed by atoms with Crippen LogP contribution in [0.15, 0.2) is 0 Å². The predicted molar refractivity (Wildman–Crippen MR) is 64.0 cm³/mol. The molecule has 0 aromatic heterocycles. The molecule has 2 nitrogen and oxygen atoms in total. The van der Waals surface area contributed by atoms with Gasteiger partial charge in [0.05, 0.1) is 0 Å². The van der Waals surface area contributed by atoms with Gasteiger partial charge in [-0.15, -0.1) is 0 Å². The molecule has 0 fully saturated rings. The van der Waals surface area contributed by atoms with E-state index >= 15 is 0 Å². The number of carbonyl (C=O) groups is 1. The van der Waals surface area contributed by atoms with Gasteiger partial charge in [-0.2, -0.15) is 0 Å². The Labute approximate surface area is 94.4 Å². The first-order valence-electron chi connectivity index (χ1n) is 6.05. The molecule has 0 rings (SSSR count). The molecule has 0 aromatic rings. The van der Waals surface area contributed by atoms with Crippen LogP contribution in [0.1, 0.15) is 59.8 Å². The topological polar surface area (TPSA) is 26.3 Å². The Morgan fingerprint density at radius 1 is 1.13 bits per heavy atom. The van der Waals surface area contributed by atoms with Crippen LogP contribution in [-0.4, -0.2) is 19.0 Å². The molecule has 2 heteroatoms.